The van der Waals surface area contributed by atoms with Crippen LogP contribution in [0.25, 0.3) is 11.3 Å². The maximum absolute atomic E-state index is 12.8. The molecule has 2 aromatic rings. The maximum Gasteiger partial charge on any atom is 0.224 e. The summed E-state index contributed by atoms with van der Waals surface area (Å²) in [5.41, 5.74) is 3.75. The van der Waals surface area contributed by atoms with Crippen molar-refractivity contribution in [3.05, 3.63) is 35.5 Å². The molecule has 1 aromatic heterocycles. The van der Waals surface area contributed by atoms with Crippen LogP contribution in [0.4, 0.5) is 0 Å². The summed E-state index contributed by atoms with van der Waals surface area (Å²) < 4.78 is 5.24. The Bertz CT molecular complexity index is 828. The largest absolute Gasteiger partial charge is 0.497 e. The topological polar surface area (TPSA) is 70.2 Å². The highest BCUT2D eigenvalue weighted by Crippen LogP contribution is 2.30. The van der Waals surface area contributed by atoms with E-state index in [0.717, 1.165) is 34.8 Å². The monoisotopic (exact) mass is 396 g/mol. The van der Waals surface area contributed by atoms with E-state index >= 15 is 0 Å². The van der Waals surface area contributed by atoms with Crippen molar-refractivity contribution in [1.82, 2.24) is 20.4 Å². The predicted molar refractivity (Wildman–Crippen MR) is 114 cm³/mol. The van der Waals surface area contributed by atoms with Gasteiger partial charge in [0.2, 0.25) is 5.91 Å². The number of piperidine rings is 2. The highest BCUT2D eigenvalue weighted by molar-refractivity contribution is 5.81. The summed E-state index contributed by atoms with van der Waals surface area (Å²) >= 11 is 0. The van der Waals surface area contributed by atoms with Crippen molar-refractivity contribution in [1.29, 1.82) is 0 Å². The zero-order chi connectivity index (χ0) is 20.2. The quantitative estimate of drug-likeness (QED) is 0.786. The van der Waals surface area contributed by atoms with E-state index in [-0.39, 0.29) is 5.91 Å². The van der Waals surface area contributed by atoms with Gasteiger partial charge in [0.1, 0.15) is 5.75 Å². The number of nitrogens with one attached hydrogen (secondary N) is 2. The SMILES string of the molecule is COc1ccc(-c2n[nH]c(C)c2CC(=O)NCC2CCCN3CCCCC23)cc1. The minimum Gasteiger partial charge on any atom is -0.497 e. The molecule has 2 atom stereocenters. The fraction of sp³-hybridized carbons (Fsp3) is 0.565. The first kappa shape index (κ1) is 20.0. The van der Waals surface area contributed by atoms with Gasteiger partial charge in [-0.25, -0.2) is 0 Å². The smallest absolute Gasteiger partial charge is 0.224 e. The van der Waals surface area contributed by atoms with Crippen LogP contribution in [-0.4, -0.2) is 53.8 Å². The number of hydrogen-bond donors (Lipinski definition) is 2. The summed E-state index contributed by atoms with van der Waals surface area (Å²) in [6.07, 6.45) is 6.76. The van der Waals surface area contributed by atoms with E-state index in [2.05, 4.69) is 20.4 Å². The third-order valence-corrected chi connectivity index (χ3v) is 6.56. The number of nitrogens with zero attached hydrogens (tertiary/aromatic N) is 2. The Kier molecular flexibility index (Phi) is 6.19. The number of hydrogen-bond acceptors (Lipinski definition) is 4. The molecule has 0 aliphatic carbocycles. The molecule has 0 radical (unpaired) electrons. The number of benzene rings is 1. The van der Waals surface area contributed by atoms with E-state index in [1.54, 1.807) is 7.11 Å². The fourth-order valence-electron chi connectivity index (χ4n) is 4.94. The third kappa shape index (κ3) is 4.47. The van der Waals surface area contributed by atoms with E-state index < -0.39 is 0 Å². The highest BCUT2D eigenvalue weighted by atomic mass is 16.5. The number of aromatic nitrogens is 2. The second-order valence-corrected chi connectivity index (χ2v) is 8.39. The van der Waals surface area contributed by atoms with Gasteiger partial charge in [-0.05, 0) is 75.9 Å². The number of amides is 1. The summed E-state index contributed by atoms with van der Waals surface area (Å²) in [7, 11) is 1.66. The van der Waals surface area contributed by atoms with Crippen molar-refractivity contribution in [3.8, 4) is 17.0 Å². The predicted octanol–water partition coefficient (Wildman–Crippen LogP) is 3.32. The number of rotatable bonds is 6. The van der Waals surface area contributed by atoms with Crippen molar-refractivity contribution < 1.29 is 9.53 Å². The van der Waals surface area contributed by atoms with Crippen LogP contribution in [0.15, 0.2) is 24.3 Å². The fourth-order valence-corrected chi connectivity index (χ4v) is 4.94. The van der Waals surface area contributed by atoms with Gasteiger partial charge < -0.3 is 15.0 Å². The molecule has 0 saturated carbocycles. The van der Waals surface area contributed by atoms with E-state index in [9.17, 15) is 4.79 Å². The number of fused-ring (bicyclic) bond motifs is 1. The van der Waals surface area contributed by atoms with Crippen LogP contribution in [0, 0.1) is 12.8 Å². The number of methoxy groups -OCH3 is 1. The molecule has 6 heteroatoms. The molecule has 2 N–H and O–H groups in total. The molecule has 0 bridgehead atoms. The lowest BCUT2D eigenvalue weighted by molar-refractivity contribution is -0.120. The molecule has 4 rings (SSSR count). The van der Waals surface area contributed by atoms with Crippen molar-refractivity contribution in [2.75, 3.05) is 26.7 Å². The van der Waals surface area contributed by atoms with Gasteiger partial charge in [-0.3, -0.25) is 9.89 Å². The average Bonchev–Trinajstić information content (AvgIpc) is 3.12. The van der Waals surface area contributed by atoms with Gasteiger partial charge in [0, 0.05) is 29.4 Å². The van der Waals surface area contributed by atoms with Crippen LogP contribution < -0.4 is 10.1 Å². The first-order valence-electron chi connectivity index (χ1n) is 10.8. The highest BCUT2D eigenvalue weighted by Gasteiger charge is 2.33. The summed E-state index contributed by atoms with van der Waals surface area (Å²) in [6, 6.07) is 8.46. The Labute approximate surface area is 173 Å². The molecule has 1 aromatic carbocycles. The van der Waals surface area contributed by atoms with Crippen LogP contribution >= 0.6 is 0 Å². The van der Waals surface area contributed by atoms with E-state index in [1.165, 1.54) is 45.2 Å². The molecular formula is C23H32N4O2. The van der Waals surface area contributed by atoms with Crippen LogP contribution in [-0.2, 0) is 11.2 Å². The molecule has 2 aliphatic heterocycles. The van der Waals surface area contributed by atoms with Crippen LogP contribution in [0.3, 0.4) is 0 Å². The number of H-pyrrole nitrogens is 1. The molecule has 156 valence electrons. The van der Waals surface area contributed by atoms with Crippen molar-refractivity contribution in [2.24, 2.45) is 5.92 Å². The molecule has 1 amide bonds. The third-order valence-electron chi connectivity index (χ3n) is 6.56. The number of aryl methyl sites for hydroxylation is 1. The molecule has 2 fully saturated rings. The van der Waals surface area contributed by atoms with Gasteiger partial charge >= 0.3 is 0 Å². The Balaban J connectivity index is 1.39. The molecule has 2 aliphatic rings. The second kappa shape index (κ2) is 8.99. The number of ether oxygens (including phenoxy) is 1. The van der Waals surface area contributed by atoms with Crippen LogP contribution in [0.2, 0.25) is 0 Å². The standard InChI is InChI=1S/C23H32N4O2/c1-16-20(23(26-25-16)17-8-10-19(29-2)11-9-17)14-22(28)24-15-18-6-5-13-27-12-4-3-7-21(18)27/h8-11,18,21H,3-7,12-15H2,1-2H3,(H,24,28)(H,25,26). The molecular weight excluding hydrogens is 364 g/mol. The van der Waals surface area contributed by atoms with Crippen LogP contribution in [0.1, 0.15) is 43.4 Å². The molecule has 3 heterocycles. The Morgan fingerprint density at radius 3 is 2.79 bits per heavy atom. The summed E-state index contributed by atoms with van der Waals surface area (Å²) in [6.45, 7) is 5.22. The van der Waals surface area contributed by atoms with Crippen molar-refractivity contribution in [2.45, 2.75) is 51.5 Å². The zero-order valence-electron chi connectivity index (χ0n) is 17.5. The van der Waals surface area contributed by atoms with Gasteiger partial charge in [-0.15, -0.1) is 0 Å². The lowest BCUT2D eigenvalue weighted by Crippen LogP contribution is -2.51. The molecule has 6 nitrogen and oxygen atoms in total. The van der Waals surface area contributed by atoms with E-state index in [4.69, 9.17) is 4.74 Å². The van der Waals surface area contributed by atoms with Gasteiger partial charge in [-0.1, -0.05) is 6.42 Å². The minimum atomic E-state index is 0.0807. The second-order valence-electron chi connectivity index (χ2n) is 8.39. The van der Waals surface area contributed by atoms with Crippen molar-refractivity contribution in [3.63, 3.8) is 0 Å². The van der Waals surface area contributed by atoms with Gasteiger partial charge in [0.05, 0.1) is 19.2 Å². The minimum absolute atomic E-state index is 0.0807. The number of aromatic amines is 1. The first-order valence-corrected chi connectivity index (χ1v) is 10.8. The lowest BCUT2D eigenvalue weighted by atomic mass is 9.83. The first-order chi connectivity index (χ1) is 14.2. The summed E-state index contributed by atoms with van der Waals surface area (Å²) in [5, 5.41) is 10.7. The Hall–Kier alpha value is -2.34. The van der Waals surface area contributed by atoms with Crippen molar-refractivity contribution >= 4 is 5.91 Å². The lowest BCUT2D eigenvalue weighted by Gasteiger charge is -2.44. The summed E-state index contributed by atoms with van der Waals surface area (Å²) in [5.74, 6) is 1.47. The van der Waals surface area contributed by atoms with Crippen LogP contribution in [0.5, 0.6) is 5.75 Å². The molecule has 2 unspecified atom stereocenters. The van der Waals surface area contributed by atoms with Gasteiger partial charge in [-0.2, -0.15) is 5.10 Å². The molecule has 0 spiro atoms. The summed E-state index contributed by atoms with van der Waals surface area (Å²) in [4.78, 5) is 15.4. The van der Waals surface area contributed by atoms with E-state index in [1.807, 2.05) is 31.2 Å². The number of carbonyl (C=O) groups excluding carboxylic acids is 1. The average molecular weight is 397 g/mol. The normalized spacial score (nSPS) is 22.1. The number of carbonyl (C=O) groups is 1. The van der Waals surface area contributed by atoms with E-state index in [0.29, 0.717) is 18.4 Å². The molecule has 29 heavy (non-hydrogen) atoms. The zero-order valence-corrected chi connectivity index (χ0v) is 17.5. The van der Waals surface area contributed by atoms with Gasteiger partial charge in [0.15, 0.2) is 0 Å². The Morgan fingerprint density at radius 2 is 2.00 bits per heavy atom. The van der Waals surface area contributed by atoms with Gasteiger partial charge in [0.25, 0.3) is 0 Å². The molecule has 2 saturated heterocycles. The Morgan fingerprint density at radius 1 is 1.21 bits per heavy atom. The maximum atomic E-state index is 12.8.